The Morgan fingerprint density at radius 2 is 2.21 bits per heavy atom. The van der Waals surface area contributed by atoms with E-state index in [0.717, 1.165) is 35.9 Å². The predicted molar refractivity (Wildman–Crippen MR) is 91.1 cm³/mol. The summed E-state index contributed by atoms with van der Waals surface area (Å²) in [6.07, 6.45) is 4.29. The minimum absolute atomic E-state index is 0.138. The zero-order valence-corrected chi connectivity index (χ0v) is 14.3. The molecular formula is C18H21N3O3. The van der Waals surface area contributed by atoms with Crippen molar-refractivity contribution in [2.24, 2.45) is 0 Å². The molecule has 0 radical (unpaired) electrons. The maximum atomic E-state index is 12.6. The highest BCUT2D eigenvalue weighted by molar-refractivity contribution is 6.00. The molecule has 0 bridgehead atoms. The molecule has 3 aromatic rings. The number of hydrogen-bond acceptors (Lipinski definition) is 5. The van der Waals surface area contributed by atoms with Crippen LogP contribution in [0.3, 0.4) is 0 Å². The largest absolute Gasteiger partial charge is 0.430 e. The summed E-state index contributed by atoms with van der Waals surface area (Å²) in [5, 5.41) is 0.784. The van der Waals surface area contributed by atoms with Crippen LogP contribution in [-0.2, 0) is 24.3 Å². The van der Waals surface area contributed by atoms with Crippen LogP contribution in [0.4, 0.5) is 0 Å². The Morgan fingerprint density at radius 1 is 1.38 bits per heavy atom. The molecule has 0 saturated carbocycles. The summed E-state index contributed by atoms with van der Waals surface area (Å²) in [5.74, 6) is 0. The number of aryl methyl sites for hydroxylation is 1. The Hall–Kier alpha value is -2.21. The van der Waals surface area contributed by atoms with Gasteiger partial charge in [0.15, 0.2) is 0 Å². The van der Waals surface area contributed by atoms with Crippen molar-refractivity contribution >= 4 is 22.2 Å². The molecule has 0 aliphatic carbocycles. The monoisotopic (exact) mass is 327 g/mol. The first-order valence-electron chi connectivity index (χ1n) is 8.43. The van der Waals surface area contributed by atoms with Gasteiger partial charge in [0.1, 0.15) is 5.52 Å². The van der Waals surface area contributed by atoms with Crippen molar-refractivity contribution in [2.45, 2.75) is 58.8 Å². The molecule has 126 valence electrons. The first-order valence-corrected chi connectivity index (χ1v) is 8.43. The summed E-state index contributed by atoms with van der Waals surface area (Å²) in [7, 11) is 0. The van der Waals surface area contributed by atoms with E-state index in [1.807, 2.05) is 6.07 Å². The van der Waals surface area contributed by atoms with Gasteiger partial charge in [-0.05, 0) is 26.3 Å². The highest BCUT2D eigenvalue weighted by Crippen LogP contribution is 2.31. The van der Waals surface area contributed by atoms with Gasteiger partial charge in [-0.25, -0.2) is 9.97 Å². The topological polar surface area (TPSA) is 70.2 Å². The molecule has 4 heterocycles. The molecule has 0 fully saturated rings. The van der Waals surface area contributed by atoms with Gasteiger partial charge in [-0.1, -0.05) is 13.3 Å². The molecule has 0 spiro atoms. The first kappa shape index (κ1) is 15.3. The van der Waals surface area contributed by atoms with E-state index >= 15 is 0 Å². The summed E-state index contributed by atoms with van der Waals surface area (Å²) in [6, 6.07) is 2.00. The fourth-order valence-electron chi connectivity index (χ4n) is 3.17. The van der Waals surface area contributed by atoms with Crippen LogP contribution in [0.25, 0.3) is 22.2 Å². The zero-order chi connectivity index (χ0) is 16.9. The van der Waals surface area contributed by atoms with Crippen molar-refractivity contribution in [1.29, 1.82) is 0 Å². The minimum Gasteiger partial charge on any atom is -0.430 e. The first-order chi connectivity index (χ1) is 11.5. The highest BCUT2D eigenvalue weighted by Gasteiger charge is 2.28. The van der Waals surface area contributed by atoms with Gasteiger partial charge in [0, 0.05) is 18.5 Å². The smallest absolute Gasteiger partial charge is 0.297 e. The number of furan rings is 1. The lowest BCUT2D eigenvalue weighted by atomic mass is 9.95. The van der Waals surface area contributed by atoms with Gasteiger partial charge < -0.3 is 9.15 Å². The van der Waals surface area contributed by atoms with Gasteiger partial charge in [0.25, 0.3) is 5.56 Å². The number of unbranched alkanes of at least 4 members (excludes halogenated alkanes) is 1. The normalized spacial score (nSPS) is 16.6. The lowest BCUT2D eigenvalue weighted by Crippen LogP contribution is -2.32. The molecule has 6 nitrogen and oxygen atoms in total. The Kier molecular flexibility index (Phi) is 3.46. The van der Waals surface area contributed by atoms with Crippen molar-refractivity contribution in [3.05, 3.63) is 34.0 Å². The summed E-state index contributed by atoms with van der Waals surface area (Å²) in [4.78, 5) is 21.7. The lowest BCUT2D eigenvalue weighted by Gasteiger charge is -2.30. The van der Waals surface area contributed by atoms with Crippen LogP contribution in [0.15, 0.2) is 21.6 Å². The summed E-state index contributed by atoms with van der Waals surface area (Å²) < 4.78 is 13.3. The second-order valence-corrected chi connectivity index (χ2v) is 7.05. The fraction of sp³-hybridized carbons (Fsp3) is 0.500. The second kappa shape index (κ2) is 5.41. The molecule has 1 aliphatic rings. The van der Waals surface area contributed by atoms with Crippen LogP contribution in [0, 0.1) is 0 Å². The van der Waals surface area contributed by atoms with E-state index in [9.17, 15) is 4.79 Å². The number of rotatable bonds is 3. The molecule has 4 rings (SSSR count). The fourth-order valence-corrected chi connectivity index (χ4v) is 3.17. The molecule has 0 amide bonds. The molecule has 0 unspecified atom stereocenters. The zero-order valence-electron chi connectivity index (χ0n) is 14.3. The number of hydrogen-bond donors (Lipinski definition) is 0. The molecule has 0 saturated heterocycles. The van der Waals surface area contributed by atoms with Gasteiger partial charge in [0.2, 0.25) is 11.3 Å². The Labute approximate surface area is 139 Å². The van der Waals surface area contributed by atoms with Crippen molar-refractivity contribution in [3.8, 4) is 0 Å². The second-order valence-electron chi connectivity index (χ2n) is 7.05. The van der Waals surface area contributed by atoms with Crippen molar-refractivity contribution in [1.82, 2.24) is 14.5 Å². The van der Waals surface area contributed by atoms with Crippen LogP contribution in [0.1, 0.15) is 44.9 Å². The quantitative estimate of drug-likeness (QED) is 0.739. The molecule has 6 heteroatoms. The van der Waals surface area contributed by atoms with E-state index in [4.69, 9.17) is 9.15 Å². The van der Waals surface area contributed by atoms with E-state index in [1.165, 1.54) is 0 Å². The van der Waals surface area contributed by atoms with Crippen LogP contribution in [0.5, 0.6) is 0 Å². The summed E-state index contributed by atoms with van der Waals surface area (Å²) in [5.41, 5.74) is 3.01. The Morgan fingerprint density at radius 3 is 3.00 bits per heavy atom. The molecule has 0 atom stereocenters. The van der Waals surface area contributed by atoms with E-state index in [1.54, 1.807) is 10.9 Å². The molecule has 1 aliphatic heterocycles. The molecular weight excluding hydrogens is 306 g/mol. The predicted octanol–water partition coefficient (Wildman–Crippen LogP) is 3.19. The van der Waals surface area contributed by atoms with Crippen molar-refractivity contribution < 1.29 is 9.15 Å². The number of ether oxygens (including phenoxy) is 1. The van der Waals surface area contributed by atoms with Crippen LogP contribution in [0.2, 0.25) is 0 Å². The number of pyridine rings is 1. The van der Waals surface area contributed by atoms with Gasteiger partial charge in [-0.15, -0.1) is 0 Å². The van der Waals surface area contributed by atoms with Gasteiger partial charge >= 0.3 is 0 Å². The maximum absolute atomic E-state index is 12.6. The molecule has 3 aromatic heterocycles. The van der Waals surface area contributed by atoms with Crippen molar-refractivity contribution in [3.63, 3.8) is 0 Å². The standard InChI is InChI=1S/C18H21N3O3/c1-4-5-6-21-10-19-14-12-7-11-9-23-18(2,3)8-13(11)20-16(12)24-15(14)17(21)22/h7,10H,4-6,8-9H2,1-3H3. The van der Waals surface area contributed by atoms with Crippen LogP contribution < -0.4 is 5.56 Å². The van der Waals surface area contributed by atoms with Crippen LogP contribution in [-0.4, -0.2) is 20.1 Å². The van der Waals surface area contributed by atoms with E-state index in [2.05, 4.69) is 30.7 Å². The Balaban J connectivity index is 1.89. The highest BCUT2D eigenvalue weighted by atomic mass is 16.5. The minimum atomic E-state index is -0.231. The third-order valence-corrected chi connectivity index (χ3v) is 4.57. The van der Waals surface area contributed by atoms with E-state index in [-0.39, 0.29) is 11.2 Å². The third kappa shape index (κ3) is 2.41. The average molecular weight is 327 g/mol. The Bertz CT molecular complexity index is 984. The van der Waals surface area contributed by atoms with Crippen molar-refractivity contribution in [2.75, 3.05) is 0 Å². The van der Waals surface area contributed by atoms with E-state index in [0.29, 0.717) is 30.0 Å². The summed E-state index contributed by atoms with van der Waals surface area (Å²) in [6.45, 7) is 7.37. The number of aromatic nitrogens is 3. The molecule has 24 heavy (non-hydrogen) atoms. The number of fused-ring (bicyclic) bond motifs is 4. The number of nitrogens with zero attached hydrogens (tertiary/aromatic N) is 3. The van der Waals surface area contributed by atoms with Gasteiger partial charge in [-0.2, -0.15) is 0 Å². The molecule has 0 aromatic carbocycles. The van der Waals surface area contributed by atoms with E-state index < -0.39 is 0 Å². The maximum Gasteiger partial charge on any atom is 0.297 e. The van der Waals surface area contributed by atoms with Gasteiger partial charge in [-0.3, -0.25) is 9.36 Å². The molecule has 0 N–H and O–H groups in total. The van der Waals surface area contributed by atoms with Crippen LogP contribution >= 0.6 is 0 Å². The average Bonchev–Trinajstić information content (AvgIpc) is 2.90. The third-order valence-electron chi connectivity index (χ3n) is 4.57. The summed E-state index contributed by atoms with van der Waals surface area (Å²) >= 11 is 0. The lowest BCUT2D eigenvalue weighted by molar-refractivity contribution is -0.0411. The SMILES string of the molecule is CCCCn1cnc2c(oc3nc4c(cc32)COC(C)(C)C4)c1=O. The van der Waals surface area contributed by atoms with Gasteiger partial charge in [0.05, 0.1) is 29.6 Å².